The molecule has 2 aliphatic rings. The van der Waals surface area contributed by atoms with E-state index in [1.807, 2.05) is 26.0 Å². The zero-order chi connectivity index (χ0) is 29.2. The smallest absolute Gasteiger partial charge is 0.337 e. The molecule has 0 amide bonds. The molecule has 0 saturated carbocycles. The number of hydrogen-bond donors (Lipinski definition) is 1. The molecular formula is C31H40FN5O4. The number of aromatic nitrogens is 2. The number of rotatable bonds is 10. The molecule has 3 heterocycles. The van der Waals surface area contributed by atoms with E-state index >= 15 is 0 Å². The summed E-state index contributed by atoms with van der Waals surface area (Å²) in [4.78, 5) is 24.7. The highest BCUT2D eigenvalue weighted by Crippen LogP contribution is 2.26. The van der Waals surface area contributed by atoms with Gasteiger partial charge in [-0.1, -0.05) is 31.1 Å². The van der Waals surface area contributed by atoms with Crippen LogP contribution in [0.1, 0.15) is 54.9 Å². The molecule has 0 spiro atoms. The first-order valence-corrected chi connectivity index (χ1v) is 14.3. The van der Waals surface area contributed by atoms with Gasteiger partial charge in [-0.05, 0) is 74.3 Å². The van der Waals surface area contributed by atoms with E-state index in [0.717, 1.165) is 67.1 Å². The molecule has 0 aliphatic carbocycles. The monoisotopic (exact) mass is 565 g/mol. The van der Waals surface area contributed by atoms with Gasteiger partial charge in [0.15, 0.2) is 0 Å². The molecule has 3 aromatic rings. The van der Waals surface area contributed by atoms with Crippen LogP contribution in [0.3, 0.4) is 0 Å². The Labute approximate surface area is 240 Å². The number of nitrogens with zero attached hydrogens (tertiary/aromatic N) is 4. The van der Waals surface area contributed by atoms with Crippen LogP contribution in [0.5, 0.6) is 0 Å². The van der Waals surface area contributed by atoms with Crippen molar-refractivity contribution >= 4 is 23.2 Å². The Hall–Kier alpha value is -3.76. The third kappa shape index (κ3) is 7.92. The van der Waals surface area contributed by atoms with Crippen molar-refractivity contribution in [1.82, 2.24) is 14.5 Å². The highest BCUT2D eigenvalue weighted by molar-refractivity contribution is 5.93. The number of benzene rings is 2. The van der Waals surface area contributed by atoms with Gasteiger partial charge in [0.2, 0.25) is 0 Å². The average Bonchev–Trinajstić information content (AvgIpc) is 3.32. The van der Waals surface area contributed by atoms with Gasteiger partial charge in [-0.2, -0.15) is 0 Å². The maximum absolute atomic E-state index is 13.0. The number of esters is 1. The lowest BCUT2D eigenvalue weighted by molar-refractivity contribution is -0.0592. The normalized spacial score (nSPS) is 18.1. The zero-order valence-corrected chi connectivity index (χ0v) is 24.1. The molecule has 2 fully saturated rings. The minimum absolute atomic E-state index is 0.167. The average molecular weight is 566 g/mol. The minimum Gasteiger partial charge on any atom is -0.465 e. The van der Waals surface area contributed by atoms with Crippen molar-refractivity contribution in [1.29, 1.82) is 0 Å². The maximum atomic E-state index is 13.0. The Bertz CT molecular complexity index is 1340. The molecule has 220 valence electrons. The number of likely N-dealkylation sites (tertiary alicyclic amines) is 1. The fourth-order valence-electron chi connectivity index (χ4n) is 4.99. The fourth-order valence-corrected chi connectivity index (χ4v) is 4.99. The number of methoxy groups -OCH3 is 1. The van der Waals surface area contributed by atoms with Gasteiger partial charge in [0.25, 0.3) is 0 Å². The second-order valence-corrected chi connectivity index (χ2v) is 9.99. The van der Waals surface area contributed by atoms with E-state index in [4.69, 9.17) is 25.0 Å². The van der Waals surface area contributed by atoms with Gasteiger partial charge >= 0.3 is 5.97 Å². The minimum atomic E-state index is -0.358. The summed E-state index contributed by atoms with van der Waals surface area (Å²) in [7, 11) is 1.39. The number of allylic oxidation sites excluding steroid dienone is 2. The molecule has 1 atom stereocenters. The standard InChI is InChI=1S/C29H34FN5O4.C2H6/c1-37-29(36)22-4-7-26-27(16-22)35(17-24-11-15-38-24)28(33-26)18-34-13-9-21(10-14-34)25(31)8-12-32-39-19-20-2-5-23(30)6-3-20;1-2/h2-8,12,16,21,24H,9-11,13-15,17-19,31H2,1H3;1-2H3/b25-8-,32-12+;/t24-;/m0./s1. The predicted octanol–water partition coefficient (Wildman–Crippen LogP) is 5.03. The molecule has 2 saturated heterocycles. The lowest BCUT2D eigenvalue weighted by Gasteiger charge is -2.32. The van der Waals surface area contributed by atoms with Crippen molar-refractivity contribution in [2.45, 2.75) is 58.9 Å². The molecule has 41 heavy (non-hydrogen) atoms. The van der Waals surface area contributed by atoms with Crippen LogP contribution in [-0.4, -0.2) is 59.5 Å². The van der Waals surface area contributed by atoms with Crippen molar-refractivity contribution in [3.63, 3.8) is 0 Å². The second-order valence-electron chi connectivity index (χ2n) is 9.99. The van der Waals surface area contributed by atoms with Crippen LogP contribution in [0.4, 0.5) is 4.39 Å². The van der Waals surface area contributed by atoms with Crippen LogP contribution in [-0.2, 0) is 34.0 Å². The Morgan fingerprint density at radius 1 is 1.17 bits per heavy atom. The molecular weight excluding hydrogens is 525 g/mol. The first-order valence-electron chi connectivity index (χ1n) is 14.3. The van der Waals surface area contributed by atoms with Gasteiger partial charge in [-0.3, -0.25) is 4.90 Å². The number of carbonyl (C=O) groups is 1. The number of piperidine rings is 1. The summed E-state index contributed by atoms with van der Waals surface area (Å²) in [6.45, 7) is 8.27. The van der Waals surface area contributed by atoms with Gasteiger partial charge in [0.05, 0.1) is 49.1 Å². The van der Waals surface area contributed by atoms with Gasteiger partial charge in [0.1, 0.15) is 18.2 Å². The van der Waals surface area contributed by atoms with Gasteiger partial charge in [-0.25, -0.2) is 14.2 Å². The number of nitrogens with two attached hydrogens (primary N) is 1. The highest BCUT2D eigenvalue weighted by Gasteiger charge is 2.25. The number of ether oxygens (including phenoxy) is 2. The molecule has 0 bridgehead atoms. The Morgan fingerprint density at radius 3 is 2.56 bits per heavy atom. The van der Waals surface area contributed by atoms with Gasteiger partial charge in [-0.15, -0.1) is 0 Å². The molecule has 1 aromatic heterocycles. The molecule has 2 aromatic carbocycles. The third-order valence-electron chi connectivity index (χ3n) is 7.40. The summed E-state index contributed by atoms with van der Waals surface area (Å²) in [6, 6.07) is 11.6. The van der Waals surface area contributed by atoms with E-state index in [-0.39, 0.29) is 30.4 Å². The summed E-state index contributed by atoms with van der Waals surface area (Å²) in [5.74, 6) is 0.605. The maximum Gasteiger partial charge on any atom is 0.337 e. The SMILES string of the molecule is CC.COC(=O)c1ccc2nc(CN3CCC(/C(N)=C/C=N/OCc4ccc(F)cc4)CC3)n(C[C@@H]3CCO3)c2c1. The van der Waals surface area contributed by atoms with E-state index in [1.165, 1.54) is 19.2 Å². The van der Waals surface area contributed by atoms with Crippen molar-refractivity contribution in [2.24, 2.45) is 16.8 Å². The molecule has 0 radical (unpaired) electrons. The highest BCUT2D eigenvalue weighted by atomic mass is 19.1. The molecule has 5 rings (SSSR count). The number of halogens is 1. The summed E-state index contributed by atoms with van der Waals surface area (Å²) in [5, 5.41) is 3.95. The van der Waals surface area contributed by atoms with Gasteiger partial charge in [0, 0.05) is 18.2 Å². The number of oxime groups is 1. The lowest BCUT2D eigenvalue weighted by Crippen LogP contribution is -2.36. The van der Waals surface area contributed by atoms with Crippen molar-refractivity contribution in [3.8, 4) is 0 Å². The predicted molar refractivity (Wildman–Crippen MR) is 157 cm³/mol. The molecule has 9 nitrogen and oxygen atoms in total. The topological polar surface area (TPSA) is 104 Å². The van der Waals surface area contributed by atoms with Crippen LogP contribution < -0.4 is 5.73 Å². The van der Waals surface area contributed by atoms with Crippen LogP contribution >= 0.6 is 0 Å². The van der Waals surface area contributed by atoms with E-state index < -0.39 is 0 Å². The van der Waals surface area contributed by atoms with E-state index in [1.54, 1.807) is 30.5 Å². The summed E-state index contributed by atoms with van der Waals surface area (Å²) in [6.07, 6.45) is 6.42. The molecule has 2 aliphatic heterocycles. The third-order valence-corrected chi connectivity index (χ3v) is 7.40. The number of imidazole rings is 1. The number of fused-ring (bicyclic) bond motifs is 1. The van der Waals surface area contributed by atoms with Crippen LogP contribution in [0, 0.1) is 11.7 Å². The van der Waals surface area contributed by atoms with Crippen LogP contribution in [0.15, 0.2) is 59.4 Å². The van der Waals surface area contributed by atoms with Crippen LogP contribution in [0.2, 0.25) is 0 Å². The molecule has 2 N–H and O–H groups in total. The molecule has 10 heteroatoms. The number of carbonyl (C=O) groups excluding carboxylic acids is 1. The second kappa shape index (κ2) is 14.7. The first kappa shape index (κ1) is 30.2. The lowest BCUT2D eigenvalue weighted by atomic mass is 9.93. The zero-order valence-electron chi connectivity index (χ0n) is 24.1. The fraction of sp³-hybridized carbons (Fsp3) is 0.452. The van der Waals surface area contributed by atoms with E-state index in [9.17, 15) is 9.18 Å². The van der Waals surface area contributed by atoms with Crippen molar-refractivity contribution in [3.05, 3.63) is 77.0 Å². The summed E-state index contributed by atoms with van der Waals surface area (Å²) >= 11 is 0. The van der Waals surface area contributed by atoms with E-state index in [2.05, 4.69) is 14.6 Å². The van der Waals surface area contributed by atoms with Crippen molar-refractivity contribution in [2.75, 3.05) is 26.8 Å². The largest absolute Gasteiger partial charge is 0.465 e. The Balaban J connectivity index is 0.00000189. The Kier molecular flexibility index (Phi) is 10.9. The van der Waals surface area contributed by atoms with E-state index in [0.29, 0.717) is 18.7 Å². The van der Waals surface area contributed by atoms with Crippen LogP contribution in [0.25, 0.3) is 11.0 Å². The Morgan fingerprint density at radius 2 is 1.90 bits per heavy atom. The van der Waals surface area contributed by atoms with Crippen molar-refractivity contribution < 1.29 is 23.5 Å². The molecule has 0 unspecified atom stereocenters. The van der Waals surface area contributed by atoms with Gasteiger partial charge < -0.3 is 24.6 Å². The number of hydrogen-bond acceptors (Lipinski definition) is 8. The summed E-state index contributed by atoms with van der Waals surface area (Å²) < 4.78 is 25.8. The first-order chi connectivity index (χ1) is 20.0. The summed E-state index contributed by atoms with van der Waals surface area (Å²) in [5.41, 5.74) is 10.3. The quantitative estimate of drug-likeness (QED) is 0.209.